The minimum atomic E-state index is -0.290. The fraction of sp³-hybridized carbons (Fsp3) is 0.400. The van der Waals surface area contributed by atoms with Crippen molar-refractivity contribution in [1.82, 2.24) is 19.4 Å². The second-order valence-corrected chi connectivity index (χ2v) is 8.52. The highest BCUT2D eigenvalue weighted by molar-refractivity contribution is 5.83. The summed E-state index contributed by atoms with van der Waals surface area (Å²) in [6.45, 7) is 4.01. The second kappa shape index (κ2) is 9.51. The first-order valence-corrected chi connectivity index (χ1v) is 11.2. The number of likely N-dealkylation sites (N-methyl/N-ethyl adjacent to an activating group) is 1. The zero-order valence-corrected chi connectivity index (χ0v) is 18.6. The highest BCUT2D eigenvalue weighted by Gasteiger charge is 2.34. The predicted molar refractivity (Wildman–Crippen MR) is 121 cm³/mol. The molecule has 1 fully saturated rings. The molecule has 1 saturated heterocycles. The first-order chi connectivity index (χ1) is 15.5. The molecule has 0 bridgehead atoms. The Hall–Kier alpha value is -3.22. The number of benzene rings is 2. The normalized spacial score (nSPS) is 16.2. The average molecular weight is 437 g/mol. The van der Waals surface area contributed by atoms with Crippen LogP contribution >= 0.6 is 0 Å². The minimum absolute atomic E-state index is 0.0374. The van der Waals surface area contributed by atoms with E-state index in [9.17, 15) is 14.0 Å². The number of carbonyl (C=O) groups excluding carboxylic acids is 2. The highest BCUT2D eigenvalue weighted by atomic mass is 19.1. The van der Waals surface area contributed by atoms with Crippen LogP contribution in [0.2, 0.25) is 0 Å². The summed E-state index contributed by atoms with van der Waals surface area (Å²) < 4.78 is 15.2. The molecule has 1 aromatic heterocycles. The zero-order chi connectivity index (χ0) is 22.7. The first kappa shape index (κ1) is 22.0. The number of unbranched alkanes of at least 4 members (excludes halogenated alkanes) is 1. The van der Waals surface area contributed by atoms with Crippen LogP contribution in [0.4, 0.5) is 4.39 Å². The van der Waals surface area contributed by atoms with Gasteiger partial charge in [0.05, 0.1) is 11.0 Å². The van der Waals surface area contributed by atoms with Gasteiger partial charge in [0.15, 0.2) is 0 Å². The molecule has 0 radical (unpaired) electrons. The fourth-order valence-electron chi connectivity index (χ4n) is 4.26. The quantitative estimate of drug-likeness (QED) is 0.537. The molecular formula is C25H29FN4O2. The third-order valence-electron chi connectivity index (χ3n) is 6.12. The fourth-order valence-corrected chi connectivity index (χ4v) is 4.26. The summed E-state index contributed by atoms with van der Waals surface area (Å²) in [6.07, 6.45) is 2.35. The smallest absolute Gasteiger partial charge is 0.242 e. The van der Waals surface area contributed by atoms with Crippen LogP contribution in [-0.2, 0) is 22.7 Å². The lowest BCUT2D eigenvalue weighted by Crippen LogP contribution is -2.32. The topological polar surface area (TPSA) is 58.4 Å². The minimum Gasteiger partial charge on any atom is -0.344 e. The standard InChI is InChI=1S/C25H29FN4O2/c1-3-4-13-28(2)24(32)17-30-22-8-6-5-7-21(22)27-25(30)19-14-23(31)29(16-19)15-18-9-11-20(26)12-10-18/h5-12,19H,3-4,13-17H2,1-2H3. The number of hydrogen-bond donors (Lipinski definition) is 0. The number of likely N-dealkylation sites (tertiary alicyclic amines) is 1. The van der Waals surface area contributed by atoms with Gasteiger partial charge in [0.2, 0.25) is 11.8 Å². The van der Waals surface area contributed by atoms with E-state index in [0.29, 0.717) is 19.5 Å². The van der Waals surface area contributed by atoms with Gasteiger partial charge in [-0.1, -0.05) is 37.6 Å². The summed E-state index contributed by atoms with van der Waals surface area (Å²) in [6, 6.07) is 14.0. The van der Waals surface area contributed by atoms with Gasteiger partial charge in [-0.15, -0.1) is 0 Å². The van der Waals surface area contributed by atoms with Crippen LogP contribution in [0.3, 0.4) is 0 Å². The summed E-state index contributed by atoms with van der Waals surface area (Å²) in [5, 5.41) is 0. The molecular weight excluding hydrogens is 407 g/mol. The van der Waals surface area contributed by atoms with Crippen LogP contribution < -0.4 is 0 Å². The van der Waals surface area contributed by atoms with Crippen molar-refractivity contribution in [3.63, 3.8) is 0 Å². The van der Waals surface area contributed by atoms with E-state index in [1.807, 2.05) is 35.9 Å². The maximum absolute atomic E-state index is 13.2. The van der Waals surface area contributed by atoms with Crippen molar-refractivity contribution < 1.29 is 14.0 Å². The van der Waals surface area contributed by atoms with Crippen LogP contribution in [0.1, 0.15) is 43.5 Å². The van der Waals surface area contributed by atoms with Gasteiger partial charge < -0.3 is 14.4 Å². The largest absolute Gasteiger partial charge is 0.344 e. The van der Waals surface area contributed by atoms with Gasteiger partial charge in [0, 0.05) is 39.0 Å². The van der Waals surface area contributed by atoms with Crippen molar-refractivity contribution in [2.24, 2.45) is 0 Å². The molecule has 0 aliphatic carbocycles. The number of hydrogen-bond acceptors (Lipinski definition) is 3. The number of imidazole rings is 1. The molecule has 1 aliphatic rings. The molecule has 4 rings (SSSR count). The third kappa shape index (κ3) is 4.66. The molecule has 0 N–H and O–H groups in total. The van der Waals surface area contributed by atoms with Crippen LogP contribution in [0, 0.1) is 5.82 Å². The Balaban J connectivity index is 1.57. The summed E-state index contributed by atoms with van der Waals surface area (Å²) in [7, 11) is 1.83. The van der Waals surface area contributed by atoms with Crippen molar-refractivity contribution in [3.05, 3.63) is 65.7 Å². The average Bonchev–Trinajstić information content (AvgIpc) is 3.34. The molecule has 168 valence electrons. The van der Waals surface area contributed by atoms with Crippen molar-refractivity contribution in [2.75, 3.05) is 20.1 Å². The molecule has 1 unspecified atom stereocenters. The van der Waals surface area contributed by atoms with E-state index in [1.54, 1.807) is 21.9 Å². The molecule has 1 atom stereocenters. The van der Waals surface area contributed by atoms with Crippen molar-refractivity contribution in [2.45, 2.75) is 45.2 Å². The lowest BCUT2D eigenvalue weighted by Gasteiger charge is -2.20. The molecule has 32 heavy (non-hydrogen) atoms. The molecule has 0 saturated carbocycles. The van der Waals surface area contributed by atoms with E-state index in [4.69, 9.17) is 4.98 Å². The molecule has 6 nitrogen and oxygen atoms in total. The predicted octanol–water partition coefficient (Wildman–Crippen LogP) is 3.95. The van der Waals surface area contributed by atoms with Crippen molar-refractivity contribution in [1.29, 1.82) is 0 Å². The summed E-state index contributed by atoms with van der Waals surface area (Å²) in [5.41, 5.74) is 2.63. The molecule has 0 spiro atoms. The van der Waals surface area contributed by atoms with Crippen LogP contribution in [0.25, 0.3) is 11.0 Å². The van der Waals surface area contributed by atoms with Gasteiger partial charge in [0.1, 0.15) is 18.2 Å². The maximum atomic E-state index is 13.2. The number of aromatic nitrogens is 2. The van der Waals surface area contributed by atoms with Gasteiger partial charge in [0.25, 0.3) is 0 Å². The zero-order valence-electron chi connectivity index (χ0n) is 18.6. The number of para-hydroxylation sites is 2. The number of nitrogens with zero attached hydrogens (tertiary/aromatic N) is 4. The molecule has 7 heteroatoms. The van der Waals surface area contributed by atoms with E-state index in [-0.39, 0.29) is 30.1 Å². The van der Waals surface area contributed by atoms with Crippen LogP contribution in [0.15, 0.2) is 48.5 Å². The monoisotopic (exact) mass is 436 g/mol. The van der Waals surface area contributed by atoms with E-state index in [0.717, 1.165) is 41.8 Å². The molecule has 1 aliphatic heterocycles. The SMILES string of the molecule is CCCCN(C)C(=O)Cn1c(C2CC(=O)N(Cc3ccc(F)cc3)C2)nc2ccccc21. The highest BCUT2D eigenvalue weighted by Crippen LogP contribution is 2.31. The Bertz CT molecular complexity index is 1110. The third-order valence-corrected chi connectivity index (χ3v) is 6.12. The second-order valence-electron chi connectivity index (χ2n) is 8.52. The molecule has 2 aromatic carbocycles. The van der Waals surface area contributed by atoms with E-state index >= 15 is 0 Å². The summed E-state index contributed by atoms with van der Waals surface area (Å²) in [5.74, 6) is 0.476. The van der Waals surface area contributed by atoms with Crippen molar-refractivity contribution in [3.8, 4) is 0 Å². The van der Waals surface area contributed by atoms with Gasteiger partial charge >= 0.3 is 0 Å². The summed E-state index contributed by atoms with van der Waals surface area (Å²) in [4.78, 5) is 34.0. The number of halogens is 1. The van der Waals surface area contributed by atoms with Crippen LogP contribution in [0.5, 0.6) is 0 Å². The number of fused-ring (bicyclic) bond motifs is 1. The first-order valence-electron chi connectivity index (χ1n) is 11.2. The Morgan fingerprint density at radius 2 is 1.94 bits per heavy atom. The number of rotatable bonds is 8. The Morgan fingerprint density at radius 1 is 1.19 bits per heavy atom. The van der Waals surface area contributed by atoms with Gasteiger partial charge in [-0.05, 0) is 36.2 Å². The Kier molecular flexibility index (Phi) is 6.53. The van der Waals surface area contributed by atoms with Gasteiger partial charge in [-0.25, -0.2) is 9.37 Å². The van der Waals surface area contributed by atoms with E-state index < -0.39 is 0 Å². The van der Waals surface area contributed by atoms with Crippen LogP contribution in [-0.4, -0.2) is 51.3 Å². The Morgan fingerprint density at radius 3 is 2.69 bits per heavy atom. The van der Waals surface area contributed by atoms with Gasteiger partial charge in [-0.3, -0.25) is 9.59 Å². The lowest BCUT2D eigenvalue weighted by molar-refractivity contribution is -0.130. The van der Waals surface area contributed by atoms with Crippen molar-refractivity contribution >= 4 is 22.8 Å². The Labute approximate surface area is 187 Å². The van der Waals surface area contributed by atoms with E-state index in [2.05, 4.69) is 6.92 Å². The molecule has 2 heterocycles. The molecule has 2 amide bonds. The maximum Gasteiger partial charge on any atom is 0.242 e. The van der Waals surface area contributed by atoms with E-state index in [1.165, 1.54) is 12.1 Å². The molecule has 3 aromatic rings. The number of carbonyl (C=O) groups is 2. The lowest BCUT2D eigenvalue weighted by atomic mass is 10.1. The van der Waals surface area contributed by atoms with Gasteiger partial charge in [-0.2, -0.15) is 0 Å². The summed E-state index contributed by atoms with van der Waals surface area (Å²) >= 11 is 0. The number of amides is 2.